The molecular weight excluding hydrogens is 1280 g/mol. The number of phosphoric acid groups is 2. The van der Waals surface area contributed by atoms with Gasteiger partial charge in [0.2, 0.25) is 0 Å². The van der Waals surface area contributed by atoms with Gasteiger partial charge in [0.05, 0.1) is 26.4 Å². The van der Waals surface area contributed by atoms with Gasteiger partial charge in [-0.2, -0.15) is 0 Å². The first-order valence-electron chi connectivity index (χ1n) is 39.2. The molecule has 0 saturated heterocycles. The van der Waals surface area contributed by atoms with Crippen LogP contribution in [0.3, 0.4) is 0 Å². The maximum atomic E-state index is 13.1. The van der Waals surface area contributed by atoms with Gasteiger partial charge in [-0.3, -0.25) is 37.3 Å². The van der Waals surface area contributed by atoms with Gasteiger partial charge in [-0.1, -0.05) is 300 Å². The number of carbonyl (C=O) groups excluding carboxylic acids is 4. The van der Waals surface area contributed by atoms with Crippen molar-refractivity contribution < 1.29 is 80.2 Å². The molecule has 3 N–H and O–H groups in total. The van der Waals surface area contributed by atoms with E-state index in [-0.39, 0.29) is 25.7 Å². The number of allylic oxidation sites excluding steroid dienone is 12. The Bertz CT molecular complexity index is 2140. The standard InChI is InChI=1S/C79H142O17P2/c1-5-9-13-17-21-25-29-33-35-36-38-42-46-50-54-58-62-66-79(84)96-75(70-90-77(82)64-60-56-52-48-44-41-37-34-30-26-22-18-14-10-6-2)72-94-98(87,88)92-68-73(80)67-91-97(85,86)93-71-74(95-78(83)65-61-57-53-49-45-40-32-28-24-20-16-12-8-4)69-89-76(81)63-59-55-51-47-43-39-31-27-23-19-15-11-7-3/h21-22,25-26,33-35,37-38,42,50,54,73-75,80H,5-20,23-24,27-32,36,39-41,43-49,51-53,55-72H2,1-4H3,(H,85,86)(H,87,88)/b25-21-,26-22-,35-33-,37-34-,42-38-,54-50-/t73-,74+,75+/m0/s1. The number of ether oxygens (including phenoxy) is 4. The Labute approximate surface area is 596 Å². The second-order valence-electron chi connectivity index (χ2n) is 26.3. The molecule has 17 nitrogen and oxygen atoms in total. The van der Waals surface area contributed by atoms with Gasteiger partial charge in [-0.25, -0.2) is 9.13 Å². The quantitative estimate of drug-likeness (QED) is 0.0169. The summed E-state index contributed by atoms with van der Waals surface area (Å²) < 4.78 is 68.5. The molecule has 0 saturated carbocycles. The Kier molecular flexibility index (Phi) is 69.3. The molecule has 0 aliphatic carbocycles. The van der Waals surface area contributed by atoms with E-state index in [0.29, 0.717) is 32.1 Å². The van der Waals surface area contributed by atoms with E-state index in [2.05, 4.69) is 88.5 Å². The third-order valence-corrected chi connectivity index (χ3v) is 18.6. The van der Waals surface area contributed by atoms with Crippen LogP contribution in [0.4, 0.5) is 0 Å². The van der Waals surface area contributed by atoms with Crippen molar-refractivity contribution in [3.05, 3.63) is 72.9 Å². The summed E-state index contributed by atoms with van der Waals surface area (Å²) in [5.41, 5.74) is 0. The lowest BCUT2D eigenvalue weighted by atomic mass is 10.0. The van der Waals surface area contributed by atoms with Gasteiger partial charge in [0.25, 0.3) is 0 Å². The van der Waals surface area contributed by atoms with Crippen molar-refractivity contribution in [3.63, 3.8) is 0 Å². The van der Waals surface area contributed by atoms with E-state index < -0.39 is 97.5 Å². The van der Waals surface area contributed by atoms with Crippen LogP contribution in [-0.4, -0.2) is 96.7 Å². The number of rotatable bonds is 74. The lowest BCUT2D eigenvalue weighted by Crippen LogP contribution is -2.30. The summed E-state index contributed by atoms with van der Waals surface area (Å²) in [6.07, 6.45) is 71.7. The molecule has 0 aromatic carbocycles. The van der Waals surface area contributed by atoms with E-state index in [1.807, 2.05) is 12.2 Å². The number of phosphoric ester groups is 2. The minimum Gasteiger partial charge on any atom is -0.462 e. The van der Waals surface area contributed by atoms with Crippen molar-refractivity contribution in [2.75, 3.05) is 39.6 Å². The second kappa shape index (κ2) is 71.9. The summed E-state index contributed by atoms with van der Waals surface area (Å²) in [5, 5.41) is 10.6. The number of hydrogen-bond acceptors (Lipinski definition) is 15. The van der Waals surface area contributed by atoms with E-state index in [0.717, 1.165) is 116 Å². The summed E-state index contributed by atoms with van der Waals surface area (Å²) >= 11 is 0. The largest absolute Gasteiger partial charge is 0.472 e. The molecule has 0 fully saturated rings. The smallest absolute Gasteiger partial charge is 0.462 e. The van der Waals surface area contributed by atoms with Gasteiger partial charge in [0, 0.05) is 25.7 Å². The molecule has 19 heteroatoms. The van der Waals surface area contributed by atoms with E-state index in [1.165, 1.54) is 148 Å². The van der Waals surface area contributed by atoms with E-state index in [1.54, 1.807) is 0 Å². The molecule has 98 heavy (non-hydrogen) atoms. The Morgan fingerprint density at radius 3 is 0.827 bits per heavy atom. The summed E-state index contributed by atoms with van der Waals surface area (Å²) in [6, 6.07) is 0. The predicted molar refractivity (Wildman–Crippen MR) is 400 cm³/mol. The number of hydrogen-bond donors (Lipinski definition) is 3. The van der Waals surface area contributed by atoms with Crippen LogP contribution < -0.4 is 0 Å². The predicted octanol–water partition coefficient (Wildman–Crippen LogP) is 22.4. The minimum atomic E-state index is -4.99. The van der Waals surface area contributed by atoms with Crippen LogP contribution in [0.2, 0.25) is 0 Å². The Hall–Kier alpha value is -3.50. The van der Waals surface area contributed by atoms with Gasteiger partial charge in [-0.15, -0.1) is 0 Å². The highest BCUT2D eigenvalue weighted by Crippen LogP contribution is 2.45. The zero-order valence-electron chi connectivity index (χ0n) is 62.2. The number of carbonyl (C=O) groups is 4. The highest BCUT2D eigenvalue weighted by Gasteiger charge is 2.30. The molecule has 570 valence electrons. The lowest BCUT2D eigenvalue weighted by Gasteiger charge is -2.21. The maximum Gasteiger partial charge on any atom is 0.472 e. The SMILES string of the molecule is CCCCC/C=C\C/C=C\C/C=C\C/C=C\CCCC(=O)O[C@H](COC(=O)CCCCCCC/C=C\C/C=C\CCCCC)COP(=O)(O)OC[C@@H](O)COP(=O)(O)OC[C@@H](COC(=O)CCCCCCCCCCCCCCC)OC(=O)CCCCCCCCCCCCCCC. The number of aliphatic hydroxyl groups is 1. The molecule has 0 amide bonds. The maximum absolute atomic E-state index is 13.1. The average Bonchev–Trinajstić information content (AvgIpc) is 1.02. The minimum absolute atomic E-state index is 0.0186. The van der Waals surface area contributed by atoms with Crippen LogP contribution in [0.1, 0.15) is 349 Å². The lowest BCUT2D eigenvalue weighted by molar-refractivity contribution is -0.161. The van der Waals surface area contributed by atoms with Crippen molar-refractivity contribution in [2.45, 2.75) is 367 Å². The van der Waals surface area contributed by atoms with Crippen molar-refractivity contribution in [1.82, 2.24) is 0 Å². The number of esters is 4. The van der Waals surface area contributed by atoms with E-state index in [9.17, 15) is 43.2 Å². The molecule has 0 aromatic rings. The first kappa shape index (κ1) is 94.5. The fourth-order valence-corrected chi connectivity index (χ4v) is 12.2. The van der Waals surface area contributed by atoms with Crippen molar-refractivity contribution >= 4 is 39.5 Å². The molecule has 0 aliphatic rings. The van der Waals surface area contributed by atoms with Crippen LogP contribution >= 0.6 is 15.6 Å². The normalized spacial score (nSPS) is 14.3. The number of unbranched alkanes of at least 4 members (excludes halogenated alkanes) is 36. The monoisotopic (exact) mass is 1420 g/mol. The van der Waals surface area contributed by atoms with Crippen LogP contribution in [0.15, 0.2) is 72.9 Å². The van der Waals surface area contributed by atoms with Gasteiger partial charge >= 0.3 is 39.5 Å². The first-order valence-corrected chi connectivity index (χ1v) is 42.2. The summed E-state index contributed by atoms with van der Waals surface area (Å²) in [6.45, 7) is 4.79. The van der Waals surface area contributed by atoms with Crippen LogP contribution in [0.5, 0.6) is 0 Å². The molecule has 0 rings (SSSR count). The summed E-state index contributed by atoms with van der Waals surface area (Å²) in [5.74, 6) is -2.23. The zero-order valence-corrected chi connectivity index (χ0v) is 64.0. The average molecular weight is 1430 g/mol. The highest BCUT2D eigenvalue weighted by molar-refractivity contribution is 7.47. The van der Waals surface area contributed by atoms with Gasteiger partial charge < -0.3 is 33.8 Å². The molecule has 0 aromatic heterocycles. The summed E-state index contributed by atoms with van der Waals surface area (Å²) in [4.78, 5) is 72.8. The molecule has 0 radical (unpaired) electrons. The molecule has 0 bridgehead atoms. The molecule has 5 atom stereocenters. The Morgan fingerprint density at radius 2 is 0.510 bits per heavy atom. The third kappa shape index (κ3) is 70.9. The number of aliphatic hydroxyl groups excluding tert-OH is 1. The fourth-order valence-electron chi connectivity index (χ4n) is 10.7. The Morgan fingerprint density at radius 1 is 0.286 bits per heavy atom. The Balaban J connectivity index is 5.38. The van der Waals surface area contributed by atoms with Crippen molar-refractivity contribution in [2.24, 2.45) is 0 Å². The van der Waals surface area contributed by atoms with E-state index >= 15 is 0 Å². The van der Waals surface area contributed by atoms with Gasteiger partial charge in [-0.05, 0) is 96.3 Å². The fraction of sp³-hybridized carbons (Fsp3) is 0.797. The third-order valence-electron chi connectivity index (χ3n) is 16.7. The highest BCUT2D eigenvalue weighted by atomic mass is 31.2. The molecule has 0 spiro atoms. The first-order chi connectivity index (χ1) is 47.7. The van der Waals surface area contributed by atoms with Gasteiger partial charge in [0.15, 0.2) is 12.2 Å². The summed E-state index contributed by atoms with van der Waals surface area (Å²) in [7, 11) is -9.96. The van der Waals surface area contributed by atoms with Crippen LogP contribution in [-0.2, 0) is 65.4 Å². The van der Waals surface area contributed by atoms with Gasteiger partial charge in [0.1, 0.15) is 19.3 Å². The zero-order chi connectivity index (χ0) is 71.8. The molecule has 0 aliphatic heterocycles. The molecule has 2 unspecified atom stereocenters. The van der Waals surface area contributed by atoms with E-state index in [4.69, 9.17) is 37.0 Å². The van der Waals surface area contributed by atoms with Crippen molar-refractivity contribution in [3.8, 4) is 0 Å². The molecule has 0 heterocycles. The van der Waals surface area contributed by atoms with Crippen molar-refractivity contribution in [1.29, 1.82) is 0 Å². The molecular formula is C79H142O17P2. The second-order valence-corrected chi connectivity index (χ2v) is 29.2. The van der Waals surface area contributed by atoms with Crippen LogP contribution in [0, 0.1) is 0 Å². The topological polar surface area (TPSA) is 237 Å². The van der Waals surface area contributed by atoms with Crippen LogP contribution in [0.25, 0.3) is 0 Å².